The van der Waals surface area contributed by atoms with Crippen molar-refractivity contribution >= 4 is 23.2 Å². The molecule has 0 saturated carbocycles. The lowest BCUT2D eigenvalue weighted by molar-refractivity contribution is -0.133. The zero-order chi connectivity index (χ0) is 22.4. The molecule has 0 aromatic heterocycles. The maximum atomic E-state index is 13.1. The van der Waals surface area contributed by atoms with E-state index in [2.05, 4.69) is 31.0 Å². The van der Waals surface area contributed by atoms with Gasteiger partial charge in [0.15, 0.2) is 0 Å². The molecule has 6 heteroatoms. The number of anilines is 2. The predicted octanol–water partition coefficient (Wildman–Crippen LogP) is 4.48. The van der Waals surface area contributed by atoms with E-state index in [1.165, 1.54) is 12.1 Å². The molecule has 0 bridgehead atoms. The highest BCUT2D eigenvalue weighted by Crippen LogP contribution is 2.23. The zero-order valence-corrected chi connectivity index (χ0v) is 18.6. The summed E-state index contributed by atoms with van der Waals surface area (Å²) in [5, 5.41) is 3.00. The van der Waals surface area contributed by atoms with E-state index < -0.39 is 0 Å². The molecule has 5 nitrogen and oxygen atoms in total. The Morgan fingerprint density at radius 1 is 1.13 bits per heavy atom. The fraction of sp³-hybridized carbons (Fsp3) is 0.440. The van der Waals surface area contributed by atoms with Crippen LogP contribution in [0.3, 0.4) is 0 Å². The predicted molar refractivity (Wildman–Crippen MR) is 123 cm³/mol. The van der Waals surface area contributed by atoms with Gasteiger partial charge in [-0.15, -0.1) is 0 Å². The molecule has 1 atom stereocenters. The summed E-state index contributed by atoms with van der Waals surface area (Å²) in [6.07, 6.45) is 1.78. The molecule has 0 aliphatic carbocycles. The normalized spacial score (nSPS) is 16.3. The van der Waals surface area contributed by atoms with Gasteiger partial charge in [0.1, 0.15) is 5.82 Å². The Morgan fingerprint density at radius 3 is 2.42 bits per heavy atom. The van der Waals surface area contributed by atoms with E-state index in [1.54, 1.807) is 17.0 Å². The topological polar surface area (TPSA) is 52.7 Å². The third-order valence-electron chi connectivity index (χ3n) is 5.84. The number of nitrogens with zero attached hydrogens (tertiary/aromatic N) is 2. The first-order chi connectivity index (χ1) is 14.9. The molecular formula is C25H32FN3O2. The number of likely N-dealkylation sites (tertiary alicyclic amines) is 1. The van der Waals surface area contributed by atoms with Gasteiger partial charge in [0.25, 0.3) is 0 Å². The van der Waals surface area contributed by atoms with Crippen LogP contribution < -0.4 is 10.2 Å². The number of piperidine rings is 1. The van der Waals surface area contributed by atoms with E-state index in [-0.39, 0.29) is 30.0 Å². The van der Waals surface area contributed by atoms with Gasteiger partial charge < -0.3 is 15.1 Å². The van der Waals surface area contributed by atoms with Gasteiger partial charge in [-0.3, -0.25) is 9.59 Å². The van der Waals surface area contributed by atoms with E-state index in [9.17, 15) is 14.0 Å². The third kappa shape index (κ3) is 6.06. The SMILES string of the molecule is CCN(c1ccc(NC(=O)C2CCCN(C(=O)Cc3ccc(F)cc3)C2)cc1)C(C)C. The van der Waals surface area contributed by atoms with Crippen LogP contribution >= 0.6 is 0 Å². The van der Waals surface area contributed by atoms with Gasteiger partial charge in [0.2, 0.25) is 11.8 Å². The highest BCUT2D eigenvalue weighted by molar-refractivity contribution is 5.93. The monoisotopic (exact) mass is 425 g/mol. The van der Waals surface area contributed by atoms with E-state index in [4.69, 9.17) is 0 Å². The van der Waals surface area contributed by atoms with Crippen LogP contribution in [-0.2, 0) is 16.0 Å². The Balaban J connectivity index is 1.56. The number of hydrogen-bond donors (Lipinski definition) is 1. The number of carbonyl (C=O) groups excluding carboxylic acids is 2. The van der Waals surface area contributed by atoms with E-state index in [0.717, 1.165) is 36.3 Å². The molecule has 2 aromatic carbocycles. The van der Waals surface area contributed by atoms with Crippen molar-refractivity contribution < 1.29 is 14.0 Å². The Morgan fingerprint density at radius 2 is 1.81 bits per heavy atom. The molecule has 3 rings (SSSR count). The minimum Gasteiger partial charge on any atom is -0.369 e. The van der Waals surface area contributed by atoms with Crippen LogP contribution in [0.2, 0.25) is 0 Å². The Hall–Kier alpha value is -2.89. The lowest BCUT2D eigenvalue weighted by Gasteiger charge is -2.32. The van der Waals surface area contributed by atoms with Gasteiger partial charge in [-0.05, 0) is 75.6 Å². The van der Waals surface area contributed by atoms with Crippen LogP contribution in [0.25, 0.3) is 0 Å². The van der Waals surface area contributed by atoms with Crippen molar-refractivity contribution in [1.82, 2.24) is 4.90 Å². The first kappa shape index (κ1) is 22.8. The Bertz CT molecular complexity index is 881. The van der Waals surface area contributed by atoms with Crippen molar-refractivity contribution in [2.45, 2.75) is 46.1 Å². The average molecular weight is 426 g/mol. The van der Waals surface area contributed by atoms with Gasteiger partial charge >= 0.3 is 0 Å². The molecule has 1 aliphatic heterocycles. The molecule has 1 unspecified atom stereocenters. The number of nitrogens with one attached hydrogen (secondary N) is 1. The van der Waals surface area contributed by atoms with Crippen LogP contribution in [0.1, 0.15) is 39.2 Å². The van der Waals surface area contributed by atoms with Crippen LogP contribution in [0.15, 0.2) is 48.5 Å². The lowest BCUT2D eigenvalue weighted by Crippen LogP contribution is -2.44. The number of halogens is 1. The first-order valence-electron chi connectivity index (χ1n) is 11.1. The summed E-state index contributed by atoms with van der Waals surface area (Å²) in [6.45, 7) is 8.44. The van der Waals surface area contributed by atoms with Gasteiger partial charge in [0.05, 0.1) is 12.3 Å². The van der Waals surface area contributed by atoms with Gasteiger partial charge in [-0.25, -0.2) is 4.39 Å². The fourth-order valence-electron chi connectivity index (χ4n) is 4.13. The maximum absolute atomic E-state index is 13.1. The van der Waals surface area contributed by atoms with Crippen molar-refractivity contribution in [2.24, 2.45) is 5.92 Å². The van der Waals surface area contributed by atoms with Gasteiger partial charge in [-0.2, -0.15) is 0 Å². The molecule has 1 aliphatic rings. The zero-order valence-electron chi connectivity index (χ0n) is 18.6. The summed E-state index contributed by atoms with van der Waals surface area (Å²) >= 11 is 0. The molecule has 0 radical (unpaired) electrons. The van der Waals surface area contributed by atoms with Crippen LogP contribution in [0, 0.1) is 11.7 Å². The van der Waals surface area contributed by atoms with E-state index in [1.807, 2.05) is 24.3 Å². The average Bonchev–Trinajstić information content (AvgIpc) is 2.77. The van der Waals surface area contributed by atoms with Crippen molar-refractivity contribution in [1.29, 1.82) is 0 Å². The summed E-state index contributed by atoms with van der Waals surface area (Å²) in [5.41, 5.74) is 2.68. The molecule has 166 valence electrons. The maximum Gasteiger partial charge on any atom is 0.229 e. The molecule has 1 N–H and O–H groups in total. The van der Waals surface area contributed by atoms with Gasteiger partial charge in [0, 0.05) is 37.1 Å². The second kappa shape index (κ2) is 10.4. The number of carbonyl (C=O) groups is 2. The second-order valence-electron chi connectivity index (χ2n) is 8.40. The minimum absolute atomic E-state index is 0.0261. The number of hydrogen-bond acceptors (Lipinski definition) is 3. The summed E-state index contributed by atoms with van der Waals surface area (Å²) in [7, 11) is 0. The molecule has 31 heavy (non-hydrogen) atoms. The Labute approximate surface area is 184 Å². The van der Waals surface area contributed by atoms with Crippen LogP contribution in [0.4, 0.5) is 15.8 Å². The molecular weight excluding hydrogens is 393 g/mol. The first-order valence-corrected chi connectivity index (χ1v) is 11.1. The van der Waals surface area contributed by atoms with Crippen LogP contribution in [0.5, 0.6) is 0 Å². The summed E-state index contributed by atoms with van der Waals surface area (Å²) < 4.78 is 13.1. The minimum atomic E-state index is -0.314. The third-order valence-corrected chi connectivity index (χ3v) is 5.84. The van der Waals surface area contributed by atoms with E-state index in [0.29, 0.717) is 19.1 Å². The largest absolute Gasteiger partial charge is 0.369 e. The molecule has 0 spiro atoms. The second-order valence-corrected chi connectivity index (χ2v) is 8.40. The standard InChI is InChI=1S/C25H32FN3O2/c1-4-29(18(2)3)23-13-11-22(12-14-23)27-25(31)20-6-5-15-28(17-20)24(30)16-19-7-9-21(26)10-8-19/h7-14,18,20H,4-6,15-17H2,1-3H3,(H,27,31). The number of rotatable bonds is 7. The number of benzene rings is 2. The lowest BCUT2D eigenvalue weighted by atomic mass is 9.96. The quantitative estimate of drug-likeness (QED) is 0.712. The van der Waals surface area contributed by atoms with Crippen LogP contribution in [-0.4, -0.2) is 42.4 Å². The summed E-state index contributed by atoms with van der Waals surface area (Å²) in [5.74, 6) is -0.621. The van der Waals surface area contributed by atoms with Crippen molar-refractivity contribution in [3.05, 3.63) is 59.9 Å². The van der Waals surface area contributed by atoms with Crippen molar-refractivity contribution in [3.63, 3.8) is 0 Å². The molecule has 1 fully saturated rings. The highest BCUT2D eigenvalue weighted by Gasteiger charge is 2.28. The number of amides is 2. The Kier molecular flexibility index (Phi) is 7.66. The highest BCUT2D eigenvalue weighted by atomic mass is 19.1. The fourth-order valence-corrected chi connectivity index (χ4v) is 4.13. The molecule has 2 aromatic rings. The molecule has 2 amide bonds. The van der Waals surface area contributed by atoms with Crippen molar-refractivity contribution in [2.75, 3.05) is 29.9 Å². The molecule has 1 heterocycles. The smallest absolute Gasteiger partial charge is 0.229 e. The van der Waals surface area contributed by atoms with Crippen molar-refractivity contribution in [3.8, 4) is 0 Å². The summed E-state index contributed by atoms with van der Waals surface area (Å²) in [6, 6.07) is 14.3. The van der Waals surface area contributed by atoms with Gasteiger partial charge in [-0.1, -0.05) is 12.1 Å². The summed E-state index contributed by atoms with van der Waals surface area (Å²) in [4.78, 5) is 29.5. The van der Waals surface area contributed by atoms with E-state index >= 15 is 0 Å². The molecule has 1 saturated heterocycles.